The van der Waals surface area contributed by atoms with E-state index in [4.69, 9.17) is 10.2 Å². The zero-order valence-electron chi connectivity index (χ0n) is 12.0. The molecule has 0 aliphatic carbocycles. The van der Waals surface area contributed by atoms with Gasteiger partial charge in [-0.25, -0.2) is 0 Å². The van der Waals surface area contributed by atoms with Gasteiger partial charge in [0.15, 0.2) is 0 Å². The first-order valence-corrected chi connectivity index (χ1v) is 7.78. The molecule has 0 aliphatic heterocycles. The number of fused-ring (bicyclic) bond motifs is 1. The van der Waals surface area contributed by atoms with Crippen LogP contribution in [0.15, 0.2) is 28.7 Å². The molecule has 2 aromatic rings. The molecule has 6 heteroatoms. The van der Waals surface area contributed by atoms with E-state index in [1.54, 1.807) is 0 Å². The van der Waals surface area contributed by atoms with Crippen molar-refractivity contribution in [2.24, 2.45) is 5.73 Å². The van der Waals surface area contributed by atoms with E-state index in [2.05, 4.69) is 5.32 Å². The molecule has 1 heterocycles. The lowest BCUT2D eigenvalue weighted by Gasteiger charge is -2.12. The summed E-state index contributed by atoms with van der Waals surface area (Å²) in [4.78, 5) is 22.4. The van der Waals surface area contributed by atoms with Crippen molar-refractivity contribution in [3.8, 4) is 0 Å². The number of hydrogen-bond donors (Lipinski definition) is 2. The summed E-state index contributed by atoms with van der Waals surface area (Å²) in [6.07, 6.45) is 0. The maximum absolute atomic E-state index is 11.8. The van der Waals surface area contributed by atoms with Crippen LogP contribution in [0.4, 0.5) is 0 Å². The van der Waals surface area contributed by atoms with Gasteiger partial charge in [0, 0.05) is 10.9 Å². The summed E-state index contributed by atoms with van der Waals surface area (Å²) < 4.78 is 5.81. The van der Waals surface area contributed by atoms with Crippen molar-refractivity contribution in [1.29, 1.82) is 0 Å². The van der Waals surface area contributed by atoms with Crippen molar-refractivity contribution in [3.63, 3.8) is 0 Å². The second-order valence-corrected chi connectivity index (χ2v) is 5.82. The van der Waals surface area contributed by atoms with Crippen molar-refractivity contribution >= 4 is 34.5 Å². The quantitative estimate of drug-likeness (QED) is 0.856. The van der Waals surface area contributed by atoms with Gasteiger partial charge in [0.25, 0.3) is 0 Å². The van der Waals surface area contributed by atoms with Gasteiger partial charge in [-0.15, -0.1) is 11.8 Å². The highest BCUT2D eigenvalue weighted by atomic mass is 32.2. The minimum atomic E-state index is -0.422. The third-order valence-corrected chi connectivity index (χ3v) is 4.08. The number of rotatable bonds is 6. The smallest absolute Gasteiger partial charge is 0.230 e. The number of nitrogens with two attached hydrogens (primary N) is 1. The minimum Gasteiger partial charge on any atom is -0.459 e. The highest BCUT2D eigenvalue weighted by Gasteiger charge is 2.18. The van der Waals surface area contributed by atoms with E-state index in [1.807, 2.05) is 38.1 Å². The summed E-state index contributed by atoms with van der Waals surface area (Å²) in [5.41, 5.74) is 6.87. The SMILES string of the molecule is Cc1c(C(C)NC(=O)CSCC(N)=O)oc2ccccc12. The molecule has 21 heavy (non-hydrogen) atoms. The van der Waals surface area contributed by atoms with Crippen LogP contribution in [-0.4, -0.2) is 23.3 Å². The summed E-state index contributed by atoms with van der Waals surface area (Å²) in [6.45, 7) is 3.85. The lowest BCUT2D eigenvalue weighted by Crippen LogP contribution is -2.29. The third-order valence-electron chi connectivity index (χ3n) is 3.13. The second kappa shape index (κ2) is 6.67. The molecule has 2 rings (SSSR count). The normalized spacial score (nSPS) is 12.3. The lowest BCUT2D eigenvalue weighted by molar-refractivity contribution is -0.119. The standard InChI is InChI=1S/C15H18N2O3S/c1-9-11-5-3-4-6-12(11)20-15(9)10(2)17-14(19)8-21-7-13(16)18/h3-6,10H,7-8H2,1-2H3,(H2,16,18)(H,17,19). The Balaban J connectivity index is 2.01. The molecule has 3 N–H and O–H groups in total. The Labute approximate surface area is 127 Å². The van der Waals surface area contributed by atoms with E-state index in [-0.39, 0.29) is 23.5 Å². The number of aryl methyl sites for hydroxylation is 1. The van der Waals surface area contributed by atoms with Gasteiger partial charge >= 0.3 is 0 Å². The van der Waals surface area contributed by atoms with Gasteiger partial charge in [-0.3, -0.25) is 9.59 Å². The van der Waals surface area contributed by atoms with Gasteiger partial charge in [0.1, 0.15) is 11.3 Å². The van der Waals surface area contributed by atoms with Crippen molar-refractivity contribution in [2.45, 2.75) is 19.9 Å². The number of para-hydroxylation sites is 1. The van der Waals surface area contributed by atoms with Crippen LogP contribution < -0.4 is 11.1 Å². The van der Waals surface area contributed by atoms with Crippen LogP contribution >= 0.6 is 11.8 Å². The van der Waals surface area contributed by atoms with Crippen molar-refractivity contribution in [1.82, 2.24) is 5.32 Å². The molecular weight excluding hydrogens is 288 g/mol. The van der Waals surface area contributed by atoms with Crippen molar-refractivity contribution in [3.05, 3.63) is 35.6 Å². The van der Waals surface area contributed by atoms with Crippen LogP contribution in [0.2, 0.25) is 0 Å². The van der Waals surface area contributed by atoms with Crippen LogP contribution in [0.5, 0.6) is 0 Å². The van der Waals surface area contributed by atoms with E-state index in [1.165, 1.54) is 11.8 Å². The number of furan rings is 1. The van der Waals surface area contributed by atoms with Gasteiger partial charge in [0.2, 0.25) is 11.8 Å². The molecule has 0 radical (unpaired) electrons. The zero-order valence-corrected chi connectivity index (χ0v) is 12.8. The fraction of sp³-hybridized carbons (Fsp3) is 0.333. The van der Waals surface area contributed by atoms with Crippen LogP contribution in [0.25, 0.3) is 11.0 Å². The fourth-order valence-electron chi connectivity index (χ4n) is 2.20. The molecule has 1 aromatic heterocycles. The number of nitrogens with one attached hydrogen (secondary N) is 1. The van der Waals surface area contributed by atoms with E-state index in [0.717, 1.165) is 22.3 Å². The van der Waals surface area contributed by atoms with Crippen LogP contribution in [0, 0.1) is 6.92 Å². The second-order valence-electron chi connectivity index (χ2n) is 4.84. The van der Waals surface area contributed by atoms with Gasteiger partial charge in [-0.2, -0.15) is 0 Å². The van der Waals surface area contributed by atoms with Gasteiger partial charge in [-0.1, -0.05) is 18.2 Å². The molecule has 1 aromatic carbocycles. The molecular formula is C15H18N2O3S. The Morgan fingerprint density at radius 1 is 1.33 bits per heavy atom. The molecule has 0 bridgehead atoms. The maximum Gasteiger partial charge on any atom is 0.230 e. The molecule has 0 spiro atoms. The van der Waals surface area contributed by atoms with Gasteiger partial charge < -0.3 is 15.5 Å². The molecule has 112 valence electrons. The maximum atomic E-state index is 11.8. The third kappa shape index (κ3) is 3.78. The van der Waals surface area contributed by atoms with E-state index in [9.17, 15) is 9.59 Å². The predicted octanol–water partition coefficient (Wildman–Crippen LogP) is 2.14. The first kappa shape index (κ1) is 15.4. The van der Waals surface area contributed by atoms with Crippen LogP contribution in [0.1, 0.15) is 24.3 Å². The molecule has 5 nitrogen and oxygen atoms in total. The molecule has 1 unspecified atom stereocenters. The monoisotopic (exact) mass is 306 g/mol. The van der Waals surface area contributed by atoms with Crippen molar-refractivity contribution < 1.29 is 14.0 Å². The number of carbonyl (C=O) groups is 2. The average Bonchev–Trinajstić information content (AvgIpc) is 2.76. The summed E-state index contributed by atoms with van der Waals surface area (Å²) in [5, 5.41) is 3.92. The molecule has 1 atom stereocenters. The Bertz CT molecular complexity index is 666. The summed E-state index contributed by atoms with van der Waals surface area (Å²) in [6, 6.07) is 7.55. The zero-order chi connectivity index (χ0) is 15.4. The Morgan fingerprint density at radius 2 is 2.05 bits per heavy atom. The van der Waals surface area contributed by atoms with E-state index >= 15 is 0 Å². The van der Waals surface area contributed by atoms with E-state index < -0.39 is 5.91 Å². The van der Waals surface area contributed by atoms with E-state index in [0.29, 0.717) is 0 Å². The van der Waals surface area contributed by atoms with Crippen LogP contribution in [0.3, 0.4) is 0 Å². The Hall–Kier alpha value is -1.95. The first-order chi connectivity index (χ1) is 9.99. The summed E-state index contributed by atoms with van der Waals surface area (Å²) >= 11 is 1.20. The summed E-state index contributed by atoms with van der Waals surface area (Å²) in [5.74, 6) is 0.532. The molecule has 2 amide bonds. The number of hydrogen-bond acceptors (Lipinski definition) is 4. The highest BCUT2D eigenvalue weighted by Crippen LogP contribution is 2.29. The molecule has 0 aliphatic rings. The first-order valence-electron chi connectivity index (χ1n) is 6.62. The number of primary amides is 1. The van der Waals surface area contributed by atoms with Crippen molar-refractivity contribution in [2.75, 3.05) is 11.5 Å². The largest absolute Gasteiger partial charge is 0.459 e. The lowest BCUT2D eigenvalue weighted by atomic mass is 10.1. The molecule has 0 saturated heterocycles. The predicted molar refractivity (Wildman–Crippen MR) is 84.0 cm³/mol. The average molecular weight is 306 g/mol. The molecule has 0 fully saturated rings. The van der Waals surface area contributed by atoms with Gasteiger partial charge in [-0.05, 0) is 19.9 Å². The number of carbonyl (C=O) groups excluding carboxylic acids is 2. The topological polar surface area (TPSA) is 85.3 Å². The highest BCUT2D eigenvalue weighted by molar-refractivity contribution is 8.00. The Morgan fingerprint density at radius 3 is 2.71 bits per heavy atom. The number of benzene rings is 1. The fourth-order valence-corrected chi connectivity index (χ4v) is 2.77. The number of thioether (sulfide) groups is 1. The van der Waals surface area contributed by atoms with Gasteiger partial charge in [0.05, 0.1) is 17.5 Å². The molecule has 0 saturated carbocycles. The Kier molecular flexibility index (Phi) is 4.90. The van der Waals surface area contributed by atoms with Crippen LogP contribution in [-0.2, 0) is 9.59 Å². The minimum absolute atomic E-state index is 0.144. The summed E-state index contributed by atoms with van der Waals surface area (Å²) in [7, 11) is 0. The number of amides is 2.